The van der Waals surface area contributed by atoms with Crippen molar-refractivity contribution in [3.63, 3.8) is 0 Å². The van der Waals surface area contributed by atoms with Crippen LogP contribution in [-0.4, -0.2) is 42.1 Å². The molecule has 1 saturated heterocycles. The largest absolute Gasteiger partial charge is 0.344 e. The minimum atomic E-state index is 0. The van der Waals surface area contributed by atoms with Crippen LogP contribution in [0.1, 0.15) is 30.5 Å². The van der Waals surface area contributed by atoms with Crippen LogP contribution in [0.2, 0.25) is 5.22 Å². The summed E-state index contributed by atoms with van der Waals surface area (Å²) >= 11 is 5.90. The summed E-state index contributed by atoms with van der Waals surface area (Å²) in [5.41, 5.74) is 1.61. The Bertz CT molecular complexity index is 431. The maximum Gasteiger partial charge on any atom is 0.229 e. The van der Waals surface area contributed by atoms with Crippen molar-refractivity contribution < 1.29 is 9.32 Å². The Morgan fingerprint density at radius 1 is 1.60 bits per heavy atom. The zero-order chi connectivity index (χ0) is 13.8. The molecule has 1 aromatic rings. The van der Waals surface area contributed by atoms with Crippen molar-refractivity contribution in [2.75, 3.05) is 20.1 Å². The average Bonchev–Trinajstić information content (AvgIpc) is 2.75. The zero-order valence-corrected chi connectivity index (χ0v) is 13.4. The Labute approximate surface area is 130 Å². The van der Waals surface area contributed by atoms with Crippen molar-refractivity contribution in [2.24, 2.45) is 0 Å². The van der Waals surface area contributed by atoms with Crippen LogP contribution in [0.5, 0.6) is 0 Å². The highest BCUT2D eigenvalue weighted by Gasteiger charge is 2.23. The molecule has 2 heterocycles. The van der Waals surface area contributed by atoms with Gasteiger partial charge in [-0.2, -0.15) is 0 Å². The third-order valence-corrected chi connectivity index (χ3v) is 4.01. The third kappa shape index (κ3) is 4.11. The maximum atomic E-state index is 12.2. The summed E-state index contributed by atoms with van der Waals surface area (Å²) in [5.74, 6) is 0.177. The Morgan fingerprint density at radius 3 is 2.95 bits per heavy atom. The summed E-state index contributed by atoms with van der Waals surface area (Å²) in [4.78, 5) is 14.1. The van der Waals surface area contributed by atoms with Gasteiger partial charge in [0, 0.05) is 31.1 Å². The molecule has 0 aliphatic carbocycles. The number of nitrogens with one attached hydrogen (secondary N) is 1. The van der Waals surface area contributed by atoms with Crippen molar-refractivity contribution in [1.29, 1.82) is 0 Å². The fraction of sp³-hybridized carbons (Fsp3) is 0.692. The van der Waals surface area contributed by atoms with Crippen LogP contribution in [0.25, 0.3) is 0 Å². The fourth-order valence-corrected chi connectivity index (χ4v) is 2.74. The number of halogens is 2. The molecule has 1 fully saturated rings. The van der Waals surface area contributed by atoms with Gasteiger partial charge < -0.3 is 14.7 Å². The van der Waals surface area contributed by atoms with Crippen LogP contribution in [0.3, 0.4) is 0 Å². The topological polar surface area (TPSA) is 58.4 Å². The number of hydrogen-bond acceptors (Lipinski definition) is 4. The first kappa shape index (κ1) is 17.3. The molecule has 114 valence electrons. The Hall–Kier alpha value is -0.780. The van der Waals surface area contributed by atoms with Crippen molar-refractivity contribution in [3.05, 3.63) is 16.5 Å². The predicted molar refractivity (Wildman–Crippen MR) is 80.5 cm³/mol. The summed E-state index contributed by atoms with van der Waals surface area (Å²) in [6.07, 6.45) is 3.24. The van der Waals surface area contributed by atoms with E-state index in [1.54, 1.807) is 0 Å². The van der Waals surface area contributed by atoms with E-state index >= 15 is 0 Å². The molecule has 1 unspecified atom stereocenters. The third-order valence-electron chi connectivity index (χ3n) is 3.71. The Balaban J connectivity index is 0.00000200. The molecular weight excluding hydrogens is 301 g/mol. The van der Waals surface area contributed by atoms with E-state index in [1.807, 2.05) is 18.9 Å². The number of likely N-dealkylation sites (tertiary alicyclic amines) is 1. The lowest BCUT2D eigenvalue weighted by molar-refractivity contribution is -0.132. The van der Waals surface area contributed by atoms with E-state index in [4.69, 9.17) is 16.1 Å². The normalized spacial score (nSPS) is 18.8. The molecule has 1 atom stereocenters. The van der Waals surface area contributed by atoms with E-state index in [2.05, 4.69) is 10.5 Å². The van der Waals surface area contributed by atoms with Crippen LogP contribution in [0.15, 0.2) is 4.52 Å². The first-order valence-electron chi connectivity index (χ1n) is 6.67. The van der Waals surface area contributed by atoms with Gasteiger partial charge in [-0.1, -0.05) is 5.16 Å². The van der Waals surface area contributed by atoms with E-state index in [-0.39, 0.29) is 18.3 Å². The predicted octanol–water partition coefficient (Wildman–Crippen LogP) is 2.20. The van der Waals surface area contributed by atoms with E-state index < -0.39 is 0 Å². The van der Waals surface area contributed by atoms with E-state index in [1.165, 1.54) is 0 Å². The number of hydrogen-bond donors (Lipinski definition) is 1. The van der Waals surface area contributed by atoms with Gasteiger partial charge in [0.1, 0.15) is 0 Å². The van der Waals surface area contributed by atoms with E-state index in [0.717, 1.165) is 37.2 Å². The highest BCUT2D eigenvalue weighted by atomic mass is 35.5. The molecule has 20 heavy (non-hydrogen) atoms. The minimum absolute atomic E-state index is 0. The fourth-order valence-electron chi connectivity index (χ4n) is 2.47. The molecule has 1 aliphatic heterocycles. The zero-order valence-electron chi connectivity index (χ0n) is 11.8. The van der Waals surface area contributed by atoms with Gasteiger partial charge in [0.2, 0.25) is 11.1 Å². The molecule has 5 nitrogen and oxygen atoms in total. The molecule has 0 bridgehead atoms. The summed E-state index contributed by atoms with van der Waals surface area (Å²) < 4.78 is 4.89. The highest BCUT2D eigenvalue weighted by molar-refractivity contribution is 6.29. The van der Waals surface area contributed by atoms with Crippen molar-refractivity contribution in [3.8, 4) is 0 Å². The smallest absolute Gasteiger partial charge is 0.229 e. The number of likely N-dealkylation sites (N-methyl/N-ethyl adjacent to an activating group) is 1. The number of carbonyl (C=O) groups is 1. The van der Waals surface area contributed by atoms with Crippen LogP contribution in [-0.2, 0) is 11.2 Å². The number of piperidine rings is 1. The van der Waals surface area contributed by atoms with Gasteiger partial charge in [0.15, 0.2) is 0 Å². The van der Waals surface area contributed by atoms with Crippen molar-refractivity contribution in [2.45, 2.75) is 38.6 Å². The number of aromatic nitrogens is 1. The summed E-state index contributed by atoms with van der Waals surface area (Å²) in [6.45, 7) is 3.49. The summed E-state index contributed by atoms with van der Waals surface area (Å²) in [6, 6.07) is 0.415. The van der Waals surface area contributed by atoms with Gasteiger partial charge in [0.25, 0.3) is 0 Å². The number of carbonyl (C=O) groups excluding carboxylic acids is 1. The van der Waals surface area contributed by atoms with Gasteiger partial charge in [0.05, 0.1) is 5.69 Å². The second-order valence-electron chi connectivity index (χ2n) is 4.99. The van der Waals surface area contributed by atoms with Gasteiger partial charge in [-0.25, -0.2) is 0 Å². The lowest BCUT2D eigenvalue weighted by Crippen LogP contribution is -2.47. The van der Waals surface area contributed by atoms with E-state index in [0.29, 0.717) is 24.1 Å². The number of nitrogens with zero attached hydrogens (tertiary/aromatic N) is 2. The molecule has 1 amide bonds. The van der Waals surface area contributed by atoms with Crippen molar-refractivity contribution >= 4 is 29.9 Å². The summed E-state index contributed by atoms with van der Waals surface area (Å²) in [7, 11) is 1.94. The van der Waals surface area contributed by atoms with Gasteiger partial charge in [-0.3, -0.25) is 4.79 Å². The highest BCUT2D eigenvalue weighted by Crippen LogP contribution is 2.21. The molecule has 2 rings (SSSR count). The molecule has 0 spiro atoms. The minimum Gasteiger partial charge on any atom is -0.344 e. The van der Waals surface area contributed by atoms with Crippen LogP contribution in [0, 0.1) is 6.92 Å². The first-order valence-corrected chi connectivity index (χ1v) is 7.05. The number of aryl methyl sites for hydroxylation is 1. The van der Waals surface area contributed by atoms with Crippen LogP contribution >= 0.6 is 24.0 Å². The molecule has 0 radical (unpaired) electrons. The standard InChI is InChI=1S/C13H20ClN3O2.ClH/c1-9-11(13(14)19-16-9)5-6-12(18)17-7-3-4-10(8-17)15-2;/h10,15H,3-8H2,1-2H3;1H. The lowest BCUT2D eigenvalue weighted by Gasteiger charge is -2.32. The van der Waals surface area contributed by atoms with Gasteiger partial charge in [-0.05, 0) is 44.8 Å². The molecule has 0 aromatic carbocycles. The van der Waals surface area contributed by atoms with E-state index in [9.17, 15) is 4.79 Å². The molecule has 1 aromatic heterocycles. The number of rotatable bonds is 4. The van der Waals surface area contributed by atoms with Crippen LogP contribution in [0.4, 0.5) is 0 Å². The second-order valence-corrected chi connectivity index (χ2v) is 5.33. The average molecular weight is 322 g/mol. The molecule has 1 aliphatic rings. The first-order chi connectivity index (χ1) is 9.11. The van der Waals surface area contributed by atoms with Gasteiger partial charge >= 0.3 is 0 Å². The monoisotopic (exact) mass is 321 g/mol. The Morgan fingerprint density at radius 2 is 2.35 bits per heavy atom. The second kappa shape index (κ2) is 7.86. The molecule has 0 saturated carbocycles. The number of amides is 1. The molecule has 7 heteroatoms. The van der Waals surface area contributed by atoms with Crippen molar-refractivity contribution in [1.82, 2.24) is 15.4 Å². The molecule has 1 N–H and O–H groups in total. The van der Waals surface area contributed by atoms with Crippen LogP contribution < -0.4 is 5.32 Å². The molecular formula is C13H21Cl2N3O2. The quantitative estimate of drug-likeness (QED) is 0.923. The Kier molecular flexibility index (Phi) is 6.79. The summed E-state index contributed by atoms with van der Waals surface area (Å²) in [5, 5.41) is 7.33. The SMILES string of the molecule is CNC1CCCN(C(=O)CCc2c(C)noc2Cl)C1.Cl. The maximum absolute atomic E-state index is 12.2. The lowest BCUT2D eigenvalue weighted by atomic mass is 10.0. The van der Waals surface area contributed by atoms with Gasteiger partial charge in [-0.15, -0.1) is 12.4 Å².